The Morgan fingerprint density at radius 2 is 1.97 bits per heavy atom. The first-order chi connectivity index (χ1) is 16.4. The molecule has 4 aliphatic carbocycles. The zero-order valence-corrected chi connectivity index (χ0v) is 21.4. The van der Waals surface area contributed by atoms with E-state index in [4.69, 9.17) is 9.72 Å². The zero-order valence-electron chi connectivity index (χ0n) is 20.6. The van der Waals surface area contributed by atoms with Gasteiger partial charge in [0.15, 0.2) is 5.13 Å². The summed E-state index contributed by atoms with van der Waals surface area (Å²) in [6, 6.07) is 10.4. The van der Waals surface area contributed by atoms with Crippen LogP contribution >= 0.6 is 11.3 Å². The minimum Gasteiger partial charge on any atom is -0.462 e. The maximum Gasteiger partial charge on any atom is 0.305 e. The van der Waals surface area contributed by atoms with Crippen molar-refractivity contribution in [3.8, 4) is 0 Å². The molecule has 0 aliphatic heterocycles. The monoisotopic (exact) mass is 476 g/mol. The lowest BCUT2D eigenvalue weighted by Crippen LogP contribution is -2.50. The van der Waals surface area contributed by atoms with Crippen molar-refractivity contribution in [2.75, 3.05) is 5.32 Å². The van der Waals surface area contributed by atoms with Crippen LogP contribution in [0.1, 0.15) is 76.3 Å². The molecule has 1 aromatic heterocycles. The van der Waals surface area contributed by atoms with E-state index in [2.05, 4.69) is 49.5 Å². The summed E-state index contributed by atoms with van der Waals surface area (Å²) in [7, 11) is 0. The van der Waals surface area contributed by atoms with Crippen LogP contribution in [-0.2, 0) is 16.0 Å². The van der Waals surface area contributed by atoms with E-state index >= 15 is 0 Å². The van der Waals surface area contributed by atoms with Gasteiger partial charge in [-0.3, -0.25) is 4.79 Å². The molecule has 0 radical (unpaired) electrons. The van der Waals surface area contributed by atoms with E-state index in [0.29, 0.717) is 24.2 Å². The average Bonchev–Trinajstić information content (AvgIpc) is 3.39. The number of benzene rings is 1. The number of para-hydroxylation sites is 1. The summed E-state index contributed by atoms with van der Waals surface area (Å²) in [4.78, 5) is 18.5. The van der Waals surface area contributed by atoms with Gasteiger partial charge in [-0.25, -0.2) is 4.98 Å². The Bertz CT molecular complexity index is 1120. The summed E-state index contributed by atoms with van der Waals surface area (Å²) < 4.78 is 5.97. The Labute approximate surface area is 207 Å². The first-order valence-corrected chi connectivity index (χ1v) is 14.0. The largest absolute Gasteiger partial charge is 0.462 e. The minimum absolute atomic E-state index is 0.0308. The van der Waals surface area contributed by atoms with E-state index in [9.17, 15) is 4.79 Å². The summed E-state index contributed by atoms with van der Waals surface area (Å²) in [6.07, 6.45) is 11.2. The van der Waals surface area contributed by atoms with Gasteiger partial charge in [-0.05, 0) is 85.8 Å². The minimum atomic E-state index is -0.0308. The van der Waals surface area contributed by atoms with Crippen LogP contribution in [0.4, 0.5) is 10.8 Å². The predicted molar refractivity (Wildman–Crippen MR) is 138 cm³/mol. The van der Waals surface area contributed by atoms with Gasteiger partial charge in [0, 0.05) is 17.5 Å². The molecule has 180 valence electrons. The molecular weight excluding hydrogens is 440 g/mol. The molecule has 1 heterocycles. The molecule has 2 fully saturated rings. The van der Waals surface area contributed by atoms with Crippen LogP contribution in [0.2, 0.25) is 0 Å². The lowest BCUT2D eigenvalue weighted by Gasteiger charge is -2.56. The van der Waals surface area contributed by atoms with Crippen molar-refractivity contribution in [1.29, 1.82) is 0 Å². The lowest BCUT2D eigenvalue weighted by atomic mass is 9.48. The molecule has 0 unspecified atom stereocenters. The van der Waals surface area contributed by atoms with Gasteiger partial charge in [-0.1, -0.05) is 56.4 Å². The molecule has 34 heavy (non-hydrogen) atoms. The molecule has 0 bridgehead atoms. The first kappa shape index (κ1) is 22.3. The van der Waals surface area contributed by atoms with Crippen molar-refractivity contribution < 1.29 is 9.53 Å². The number of carbonyl (C=O) groups is 1. The molecule has 4 nitrogen and oxygen atoms in total. The molecule has 5 heteroatoms. The topological polar surface area (TPSA) is 51.2 Å². The van der Waals surface area contributed by atoms with Gasteiger partial charge in [-0.2, -0.15) is 0 Å². The van der Waals surface area contributed by atoms with Gasteiger partial charge < -0.3 is 10.1 Å². The third-order valence-corrected chi connectivity index (χ3v) is 10.8. The van der Waals surface area contributed by atoms with E-state index in [1.54, 1.807) is 5.57 Å². The maximum absolute atomic E-state index is 12.1. The number of nitrogens with zero attached hydrogens (tertiary/aromatic N) is 1. The summed E-state index contributed by atoms with van der Waals surface area (Å²) in [5.41, 5.74) is 4.31. The molecule has 0 amide bonds. The highest BCUT2D eigenvalue weighted by Gasteiger charge is 2.60. The number of nitrogens with one attached hydrogen (secondary N) is 1. The fraction of sp³-hybridized carbons (Fsp3) is 0.586. The SMILES string of the molecule is CCC(=O)O[C@H]1CC[C@H]2[C@@H]3CC=C4c5sc(Nc6ccccc6)nc5CC[C@]4(C)[C@H]3CC[C@]12C. The summed E-state index contributed by atoms with van der Waals surface area (Å²) >= 11 is 1.83. The molecule has 0 saturated heterocycles. The Morgan fingerprint density at radius 1 is 1.15 bits per heavy atom. The molecule has 6 atom stereocenters. The number of anilines is 2. The number of aromatic nitrogens is 1. The molecule has 2 aromatic rings. The van der Waals surface area contributed by atoms with Crippen molar-refractivity contribution in [3.05, 3.63) is 47.0 Å². The van der Waals surface area contributed by atoms with E-state index in [1.807, 2.05) is 24.3 Å². The number of hydrogen-bond acceptors (Lipinski definition) is 5. The molecule has 1 N–H and O–H groups in total. The van der Waals surface area contributed by atoms with Crippen LogP contribution in [0.25, 0.3) is 5.57 Å². The van der Waals surface area contributed by atoms with E-state index in [-0.39, 0.29) is 22.9 Å². The summed E-state index contributed by atoms with van der Waals surface area (Å²) in [5, 5.41) is 4.53. The Hall–Kier alpha value is -2.14. The summed E-state index contributed by atoms with van der Waals surface area (Å²) in [5.74, 6) is 2.05. The quantitative estimate of drug-likeness (QED) is 0.467. The normalized spacial score (nSPS) is 35.9. The van der Waals surface area contributed by atoms with Crippen molar-refractivity contribution >= 4 is 33.7 Å². The Balaban J connectivity index is 1.28. The fourth-order valence-corrected chi connectivity index (χ4v) is 9.17. The van der Waals surface area contributed by atoms with Crippen LogP contribution < -0.4 is 5.32 Å². The average molecular weight is 477 g/mol. The first-order valence-electron chi connectivity index (χ1n) is 13.1. The van der Waals surface area contributed by atoms with Gasteiger partial charge in [0.2, 0.25) is 0 Å². The van der Waals surface area contributed by atoms with Gasteiger partial charge in [0.05, 0.1) is 10.6 Å². The molecule has 2 saturated carbocycles. The number of hydrogen-bond donors (Lipinski definition) is 1. The van der Waals surface area contributed by atoms with Crippen molar-refractivity contribution in [1.82, 2.24) is 4.98 Å². The van der Waals surface area contributed by atoms with Crippen LogP contribution in [0.15, 0.2) is 36.4 Å². The van der Waals surface area contributed by atoms with E-state index in [0.717, 1.165) is 30.1 Å². The number of carbonyl (C=O) groups excluding carboxylic acids is 1. The predicted octanol–water partition coefficient (Wildman–Crippen LogP) is 7.39. The molecule has 0 spiro atoms. The fourth-order valence-electron chi connectivity index (χ4n) is 7.96. The molecular formula is C29H36N2O2S. The third-order valence-electron chi connectivity index (χ3n) is 9.79. The second-order valence-electron chi connectivity index (χ2n) is 11.4. The Morgan fingerprint density at radius 3 is 2.76 bits per heavy atom. The van der Waals surface area contributed by atoms with E-state index < -0.39 is 0 Å². The second kappa shape index (κ2) is 8.22. The highest BCUT2D eigenvalue weighted by Crippen LogP contribution is 2.66. The van der Waals surface area contributed by atoms with Gasteiger partial charge in [0.1, 0.15) is 6.10 Å². The molecule has 1 aromatic carbocycles. The van der Waals surface area contributed by atoms with Gasteiger partial charge in [-0.15, -0.1) is 0 Å². The van der Waals surface area contributed by atoms with Crippen LogP contribution in [0.3, 0.4) is 0 Å². The lowest BCUT2D eigenvalue weighted by molar-refractivity contribution is -0.158. The zero-order chi connectivity index (χ0) is 23.5. The van der Waals surface area contributed by atoms with Gasteiger partial charge in [0.25, 0.3) is 0 Å². The van der Waals surface area contributed by atoms with Crippen molar-refractivity contribution in [3.63, 3.8) is 0 Å². The second-order valence-corrected chi connectivity index (χ2v) is 12.4. The Kier molecular flexibility index (Phi) is 5.40. The number of esters is 1. The summed E-state index contributed by atoms with van der Waals surface area (Å²) in [6.45, 7) is 6.86. The number of allylic oxidation sites excluding steroid dienone is 2. The standard InChI is InChI=1S/C29H36N2O2S/c1-4-25(32)33-24-13-12-20-19-10-11-22-26-23(31-27(34-26)30-18-8-6-5-7-9-18)15-17-28(22,2)21(19)14-16-29(20,24)3/h5-9,11,19-21,24H,4,10,12-17H2,1-3H3,(H,30,31)/t19-,20-,21-,24-,28+,29-/m0/s1. The highest BCUT2D eigenvalue weighted by atomic mass is 32.1. The molecule has 4 aliphatic rings. The smallest absolute Gasteiger partial charge is 0.305 e. The highest BCUT2D eigenvalue weighted by molar-refractivity contribution is 7.16. The number of thiazole rings is 1. The number of ether oxygens (including phenoxy) is 1. The number of rotatable bonds is 4. The van der Waals surface area contributed by atoms with Crippen molar-refractivity contribution in [2.24, 2.45) is 28.6 Å². The third kappa shape index (κ3) is 3.37. The van der Waals surface area contributed by atoms with Gasteiger partial charge >= 0.3 is 5.97 Å². The van der Waals surface area contributed by atoms with Crippen LogP contribution in [0, 0.1) is 28.6 Å². The van der Waals surface area contributed by atoms with E-state index in [1.165, 1.54) is 36.3 Å². The number of aryl methyl sites for hydroxylation is 1. The van der Waals surface area contributed by atoms with Crippen LogP contribution in [0.5, 0.6) is 0 Å². The van der Waals surface area contributed by atoms with Crippen LogP contribution in [-0.4, -0.2) is 17.1 Å². The maximum atomic E-state index is 12.1. The van der Waals surface area contributed by atoms with Crippen molar-refractivity contribution in [2.45, 2.75) is 78.2 Å². The molecule has 6 rings (SSSR count). The number of fused-ring (bicyclic) bond motifs is 7.